The van der Waals surface area contributed by atoms with Gasteiger partial charge in [0.15, 0.2) is 0 Å². The normalized spacial score (nSPS) is 13.0. The van der Waals surface area contributed by atoms with E-state index in [1.165, 1.54) is 6.07 Å². The number of nitrogens with zero attached hydrogens (tertiary/aromatic N) is 1. The molecule has 1 atom stereocenters. The molecule has 0 saturated carbocycles. The summed E-state index contributed by atoms with van der Waals surface area (Å²) in [6, 6.07) is 11.1. The highest BCUT2D eigenvalue weighted by Gasteiger charge is 2.32. The van der Waals surface area contributed by atoms with Crippen LogP contribution in [0.1, 0.15) is 24.3 Å². The van der Waals surface area contributed by atoms with Crippen molar-refractivity contribution in [3.63, 3.8) is 0 Å². The quantitative estimate of drug-likeness (QED) is 0.762. The van der Waals surface area contributed by atoms with Gasteiger partial charge in [0, 0.05) is 5.39 Å². The van der Waals surface area contributed by atoms with Gasteiger partial charge in [-0.3, -0.25) is 4.79 Å². The molecule has 2 aromatic heterocycles. The lowest BCUT2D eigenvalue weighted by atomic mass is 10.1. The first kappa shape index (κ1) is 16.0. The van der Waals surface area contributed by atoms with Crippen molar-refractivity contribution in [1.82, 2.24) is 4.98 Å². The molecule has 1 aromatic carbocycles. The van der Waals surface area contributed by atoms with Crippen molar-refractivity contribution < 1.29 is 22.4 Å². The highest BCUT2D eigenvalue weighted by Crippen LogP contribution is 2.29. The van der Waals surface area contributed by atoms with E-state index in [1.807, 2.05) is 18.2 Å². The molecular weight excluding hydrogens is 321 g/mol. The molecule has 124 valence electrons. The van der Waals surface area contributed by atoms with Gasteiger partial charge in [0.05, 0.1) is 17.8 Å². The highest BCUT2D eigenvalue weighted by atomic mass is 19.4. The van der Waals surface area contributed by atoms with E-state index in [0.29, 0.717) is 11.3 Å². The Bertz CT molecular complexity index is 836. The van der Waals surface area contributed by atoms with Crippen LogP contribution in [0, 0.1) is 0 Å². The third-order valence-corrected chi connectivity index (χ3v) is 3.59. The average molecular weight is 334 g/mol. The lowest BCUT2D eigenvalue weighted by Crippen LogP contribution is -2.19. The Balaban J connectivity index is 1.74. The number of amides is 1. The number of para-hydroxylation sites is 1. The second-order valence-electron chi connectivity index (χ2n) is 5.33. The minimum Gasteiger partial charge on any atom is -0.460 e. The highest BCUT2D eigenvalue weighted by molar-refractivity contribution is 5.95. The van der Waals surface area contributed by atoms with Gasteiger partial charge in [-0.2, -0.15) is 13.2 Å². The second-order valence-corrected chi connectivity index (χ2v) is 5.33. The summed E-state index contributed by atoms with van der Waals surface area (Å²) in [4.78, 5) is 15.6. The van der Waals surface area contributed by atoms with Crippen LogP contribution < -0.4 is 5.32 Å². The molecular formula is C17H13F3N2O2. The van der Waals surface area contributed by atoms with E-state index in [0.717, 1.165) is 17.6 Å². The van der Waals surface area contributed by atoms with E-state index in [2.05, 4.69) is 10.3 Å². The Kier molecular flexibility index (Phi) is 4.01. The molecule has 0 aliphatic carbocycles. The number of rotatable bonds is 3. The number of anilines is 1. The SMILES string of the molecule is C[C@@H](C(=O)Nc1ccc(C(F)(F)F)nc1)c1cc2ccccc2o1. The third-order valence-electron chi connectivity index (χ3n) is 3.59. The number of aromatic nitrogens is 1. The Hall–Kier alpha value is -2.83. The molecule has 7 heteroatoms. The zero-order valence-corrected chi connectivity index (χ0v) is 12.6. The van der Waals surface area contributed by atoms with Crippen molar-refractivity contribution in [1.29, 1.82) is 0 Å². The van der Waals surface area contributed by atoms with Crippen molar-refractivity contribution in [2.45, 2.75) is 19.0 Å². The molecule has 0 fully saturated rings. The zero-order valence-electron chi connectivity index (χ0n) is 12.6. The van der Waals surface area contributed by atoms with Gasteiger partial charge in [0.2, 0.25) is 5.91 Å². The molecule has 1 amide bonds. The van der Waals surface area contributed by atoms with Crippen molar-refractivity contribution in [3.8, 4) is 0 Å². The van der Waals surface area contributed by atoms with Crippen molar-refractivity contribution in [2.24, 2.45) is 0 Å². The first-order chi connectivity index (χ1) is 11.3. The predicted molar refractivity (Wildman–Crippen MR) is 82.5 cm³/mol. The molecule has 0 aliphatic rings. The van der Waals surface area contributed by atoms with Crippen LogP contribution in [0.3, 0.4) is 0 Å². The summed E-state index contributed by atoms with van der Waals surface area (Å²) in [5.74, 6) is -0.510. The fourth-order valence-corrected chi connectivity index (χ4v) is 2.23. The van der Waals surface area contributed by atoms with E-state index in [9.17, 15) is 18.0 Å². The van der Waals surface area contributed by atoms with Gasteiger partial charge in [-0.15, -0.1) is 0 Å². The van der Waals surface area contributed by atoms with Crippen LogP contribution in [0.5, 0.6) is 0 Å². The Morgan fingerprint density at radius 3 is 2.58 bits per heavy atom. The van der Waals surface area contributed by atoms with Crippen molar-refractivity contribution in [3.05, 3.63) is 60.1 Å². The van der Waals surface area contributed by atoms with Gasteiger partial charge in [0.1, 0.15) is 17.0 Å². The number of carbonyl (C=O) groups excluding carboxylic acids is 1. The van der Waals surface area contributed by atoms with Gasteiger partial charge in [-0.1, -0.05) is 18.2 Å². The summed E-state index contributed by atoms with van der Waals surface area (Å²) in [7, 11) is 0. The van der Waals surface area contributed by atoms with Crippen LogP contribution in [0.4, 0.5) is 18.9 Å². The maximum absolute atomic E-state index is 12.5. The topological polar surface area (TPSA) is 55.1 Å². The van der Waals surface area contributed by atoms with Gasteiger partial charge in [0.25, 0.3) is 0 Å². The first-order valence-corrected chi connectivity index (χ1v) is 7.17. The molecule has 0 spiro atoms. The summed E-state index contributed by atoms with van der Waals surface area (Å²) in [5, 5.41) is 3.41. The van der Waals surface area contributed by atoms with Crippen LogP contribution in [-0.4, -0.2) is 10.9 Å². The number of nitrogens with one attached hydrogen (secondary N) is 1. The average Bonchev–Trinajstić information content (AvgIpc) is 2.97. The summed E-state index contributed by atoms with van der Waals surface area (Å²) < 4.78 is 43.0. The van der Waals surface area contributed by atoms with Gasteiger partial charge < -0.3 is 9.73 Å². The minimum atomic E-state index is -4.51. The number of hydrogen-bond acceptors (Lipinski definition) is 3. The number of fused-ring (bicyclic) bond motifs is 1. The molecule has 4 nitrogen and oxygen atoms in total. The fourth-order valence-electron chi connectivity index (χ4n) is 2.23. The fraction of sp³-hybridized carbons (Fsp3) is 0.176. The molecule has 1 N–H and O–H groups in total. The lowest BCUT2D eigenvalue weighted by molar-refractivity contribution is -0.141. The number of halogens is 3. The molecule has 0 radical (unpaired) electrons. The van der Waals surface area contributed by atoms with E-state index >= 15 is 0 Å². The van der Waals surface area contributed by atoms with Gasteiger partial charge in [-0.25, -0.2) is 4.98 Å². The van der Waals surface area contributed by atoms with Crippen LogP contribution >= 0.6 is 0 Å². The number of benzene rings is 1. The van der Waals surface area contributed by atoms with E-state index < -0.39 is 23.7 Å². The summed E-state index contributed by atoms with van der Waals surface area (Å²) >= 11 is 0. The Labute approximate surface area is 135 Å². The van der Waals surface area contributed by atoms with E-state index in [4.69, 9.17) is 4.42 Å². The molecule has 24 heavy (non-hydrogen) atoms. The largest absolute Gasteiger partial charge is 0.460 e. The Morgan fingerprint density at radius 2 is 1.96 bits per heavy atom. The number of carbonyl (C=O) groups is 1. The molecule has 0 aliphatic heterocycles. The summed E-state index contributed by atoms with van der Waals surface area (Å²) in [5.41, 5.74) is -0.148. The number of alkyl halides is 3. The molecule has 3 aromatic rings. The van der Waals surface area contributed by atoms with Gasteiger partial charge >= 0.3 is 6.18 Å². The number of pyridine rings is 1. The van der Waals surface area contributed by atoms with E-state index in [-0.39, 0.29) is 5.69 Å². The Morgan fingerprint density at radius 1 is 1.21 bits per heavy atom. The molecule has 3 rings (SSSR count). The number of hydrogen-bond donors (Lipinski definition) is 1. The maximum atomic E-state index is 12.5. The summed E-state index contributed by atoms with van der Waals surface area (Å²) in [6.45, 7) is 1.66. The van der Waals surface area contributed by atoms with Crippen molar-refractivity contribution in [2.75, 3.05) is 5.32 Å². The molecule has 2 heterocycles. The van der Waals surface area contributed by atoms with Crippen LogP contribution in [0.2, 0.25) is 0 Å². The smallest absolute Gasteiger partial charge is 0.433 e. The molecule has 0 unspecified atom stereocenters. The van der Waals surface area contributed by atoms with Crippen LogP contribution in [-0.2, 0) is 11.0 Å². The van der Waals surface area contributed by atoms with Crippen LogP contribution in [0.15, 0.2) is 53.1 Å². The maximum Gasteiger partial charge on any atom is 0.433 e. The molecule has 0 saturated heterocycles. The first-order valence-electron chi connectivity index (χ1n) is 7.17. The molecule has 0 bridgehead atoms. The van der Waals surface area contributed by atoms with Gasteiger partial charge in [-0.05, 0) is 31.2 Å². The van der Waals surface area contributed by atoms with Crippen LogP contribution in [0.25, 0.3) is 11.0 Å². The van der Waals surface area contributed by atoms with Crippen molar-refractivity contribution >= 4 is 22.6 Å². The second kappa shape index (κ2) is 5.99. The minimum absolute atomic E-state index is 0.191. The standard InChI is InChI=1S/C17H13F3N2O2/c1-10(14-8-11-4-2-3-5-13(11)24-14)16(23)22-12-6-7-15(21-9-12)17(18,19)20/h2-10H,1H3,(H,22,23)/t10-/m1/s1. The number of furan rings is 1. The monoisotopic (exact) mass is 334 g/mol. The lowest BCUT2D eigenvalue weighted by Gasteiger charge is -2.11. The summed E-state index contributed by atoms with van der Waals surface area (Å²) in [6.07, 6.45) is -3.53. The third kappa shape index (κ3) is 3.24. The van der Waals surface area contributed by atoms with E-state index in [1.54, 1.807) is 19.1 Å². The zero-order chi connectivity index (χ0) is 17.3. The predicted octanol–water partition coefficient (Wildman–Crippen LogP) is 4.59.